The molecule has 1 aliphatic carbocycles. The predicted molar refractivity (Wildman–Crippen MR) is 81.1 cm³/mol. The molecule has 0 aliphatic heterocycles. The van der Waals surface area contributed by atoms with Crippen LogP contribution in [0, 0.1) is 5.92 Å². The minimum absolute atomic E-state index is 0.266. The molecule has 2 N–H and O–H groups in total. The molecular weight excluding hydrogens is 266 g/mol. The summed E-state index contributed by atoms with van der Waals surface area (Å²) in [6, 6.07) is 9.26. The van der Waals surface area contributed by atoms with E-state index in [4.69, 9.17) is 4.42 Å². The molecule has 0 unspecified atom stereocenters. The molecule has 2 aromatic rings. The Labute approximate surface area is 124 Å². The van der Waals surface area contributed by atoms with E-state index in [1.807, 2.05) is 24.3 Å². The van der Waals surface area contributed by atoms with E-state index in [-0.39, 0.29) is 12.5 Å². The van der Waals surface area contributed by atoms with Crippen molar-refractivity contribution in [2.75, 3.05) is 6.54 Å². The van der Waals surface area contributed by atoms with Gasteiger partial charge in [-0.05, 0) is 43.7 Å². The number of fused-ring (bicyclic) bond motifs is 1. The zero-order valence-corrected chi connectivity index (χ0v) is 12.3. The summed E-state index contributed by atoms with van der Waals surface area (Å²) in [6.07, 6.45) is 3.51. The molecule has 0 saturated heterocycles. The number of aliphatic hydroxyl groups is 1. The third kappa shape index (κ3) is 3.10. The van der Waals surface area contributed by atoms with E-state index in [0.717, 1.165) is 31.1 Å². The predicted octanol–water partition coefficient (Wildman–Crippen LogP) is 3.10. The number of hydrogen-bond donors (Lipinski definition) is 2. The van der Waals surface area contributed by atoms with Crippen LogP contribution >= 0.6 is 0 Å². The monoisotopic (exact) mass is 287 g/mol. The number of carbonyl (C=O) groups excluding carboxylic acids is 1. The van der Waals surface area contributed by atoms with Gasteiger partial charge < -0.3 is 14.8 Å². The van der Waals surface area contributed by atoms with Gasteiger partial charge in [0.05, 0.1) is 5.60 Å². The zero-order valence-electron chi connectivity index (χ0n) is 12.3. The van der Waals surface area contributed by atoms with Gasteiger partial charge in [-0.2, -0.15) is 0 Å². The molecule has 4 heteroatoms. The molecule has 1 fully saturated rings. The lowest BCUT2D eigenvalue weighted by Crippen LogP contribution is -2.45. The van der Waals surface area contributed by atoms with Gasteiger partial charge in [-0.1, -0.05) is 25.1 Å². The Morgan fingerprint density at radius 1 is 1.38 bits per heavy atom. The Kier molecular flexibility index (Phi) is 3.72. The van der Waals surface area contributed by atoms with Crippen LogP contribution in [0.3, 0.4) is 0 Å². The van der Waals surface area contributed by atoms with Crippen LogP contribution in [-0.4, -0.2) is 23.2 Å². The Morgan fingerprint density at radius 3 is 2.81 bits per heavy atom. The van der Waals surface area contributed by atoms with E-state index < -0.39 is 5.60 Å². The average molecular weight is 287 g/mol. The van der Waals surface area contributed by atoms with E-state index in [0.29, 0.717) is 17.3 Å². The average Bonchev–Trinajstić information content (AvgIpc) is 2.92. The van der Waals surface area contributed by atoms with Crippen molar-refractivity contribution < 1.29 is 14.3 Å². The van der Waals surface area contributed by atoms with Gasteiger partial charge in [0.1, 0.15) is 5.58 Å². The van der Waals surface area contributed by atoms with Crippen LogP contribution in [0.15, 0.2) is 34.7 Å². The maximum Gasteiger partial charge on any atom is 0.287 e. The van der Waals surface area contributed by atoms with E-state index in [1.54, 1.807) is 6.07 Å². The summed E-state index contributed by atoms with van der Waals surface area (Å²) in [6.45, 7) is 2.49. The van der Waals surface area contributed by atoms with Crippen molar-refractivity contribution in [3.63, 3.8) is 0 Å². The highest BCUT2D eigenvalue weighted by atomic mass is 16.3. The third-order valence-corrected chi connectivity index (χ3v) is 4.43. The van der Waals surface area contributed by atoms with Crippen molar-refractivity contribution in [1.29, 1.82) is 0 Å². The molecule has 1 amide bonds. The number of carbonyl (C=O) groups is 1. The lowest BCUT2D eigenvalue weighted by Gasteiger charge is -2.34. The zero-order chi connectivity index (χ0) is 14.9. The number of para-hydroxylation sites is 1. The second-order valence-electron chi connectivity index (χ2n) is 6.24. The molecular formula is C17H21NO3. The largest absolute Gasteiger partial charge is 0.451 e. The quantitative estimate of drug-likeness (QED) is 0.911. The molecule has 0 spiro atoms. The molecule has 1 saturated carbocycles. The maximum atomic E-state index is 12.1. The number of amides is 1. The fourth-order valence-electron chi connectivity index (χ4n) is 2.90. The first-order chi connectivity index (χ1) is 10.1. The summed E-state index contributed by atoms with van der Waals surface area (Å²) in [5.74, 6) is 0.693. The molecule has 0 radical (unpaired) electrons. The first kappa shape index (κ1) is 14.1. The van der Waals surface area contributed by atoms with Gasteiger partial charge in [-0.25, -0.2) is 0 Å². The van der Waals surface area contributed by atoms with Gasteiger partial charge >= 0.3 is 0 Å². The Hall–Kier alpha value is -1.81. The Bertz CT molecular complexity index is 605. The van der Waals surface area contributed by atoms with E-state index >= 15 is 0 Å². The summed E-state index contributed by atoms with van der Waals surface area (Å²) in [4.78, 5) is 12.1. The summed E-state index contributed by atoms with van der Waals surface area (Å²) in [5, 5.41) is 14.2. The Morgan fingerprint density at radius 2 is 2.10 bits per heavy atom. The smallest absolute Gasteiger partial charge is 0.287 e. The lowest BCUT2D eigenvalue weighted by atomic mass is 9.79. The topological polar surface area (TPSA) is 62.5 Å². The maximum absolute atomic E-state index is 12.1. The van der Waals surface area contributed by atoms with Gasteiger partial charge in [-0.15, -0.1) is 0 Å². The standard InChI is InChI=1S/C17H21NO3/c1-12-6-8-17(20,9-7-12)11-18-16(19)15-10-13-4-2-3-5-14(13)21-15/h2-5,10,12,20H,6-9,11H2,1H3,(H,18,19). The highest BCUT2D eigenvalue weighted by molar-refractivity contribution is 5.96. The summed E-state index contributed by atoms with van der Waals surface area (Å²) in [5.41, 5.74) is -0.0679. The minimum atomic E-state index is -0.770. The van der Waals surface area contributed by atoms with Gasteiger partial charge in [0.25, 0.3) is 5.91 Å². The fourth-order valence-corrected chi connectivity index (χ4v) is 2.90. The fraction of sp³-hybridized carbons (Fsp3) is 0.471. The van der Waals surface area contributed by atoms with Crippen LogP contribution in [0.5, 0.6) is 0 Å². The highest BCUT2D eigenvalue weighted by Gasteiger charge is 2.32. The molecule has 1 aromatic carbocycles. The summed E-state index contributed by atoms with van der Waals surface area (Å²) >= 11 is 0. The molecule has 1 heterocycles. The number of benzene rings is 1. The first-order valence-electron chi connectivity index (χ1n) is 7.55. The second-order valence-corrected chi connectivity index (χ2v) is 6.24. The molecule has 1 aromatic heterocycles. The summed E-state index contributed by atoms with van der Waals surface area (Å²) < 4.78 is 5.53. The molecule has 0 bridgehead atoms. The number of furan rings is 1. The van der Waals surface area contributed by atoms with Gasteiger partial charge in [0.15, 0.2) is 5.76 Å². The van der Waals surface area contributed by atoms with Crippen LogP contribution in [0.1, 0.15) is 43.2 Å². The number of nitrogens with one attached hydrogen (secondary N) is 1. The van der Waals surface area contributed by atoms with E-state index in [1.165, 1.54) is 0 Å². The van der Waals surface area contributed by atoms with Crippen LogP contribution in [0.25, 0.3) is 11.0 Å². The molecule has 3 rings (SSSR count). The number of rotatable bonds is 3. The van der Waals surface area contributed by atoms with Crippen molar-refractivity contribution in [2.24, 2.45) is 5.92 Å². The van der Waals surface area contributed by atoms with Gasteiger partial charge in [0.2, 0.25) is 0 Å². The SMILES string of the molecule is CC1CCC(O)(CNC(=O)c2cc3ccccc3o2)CC1. The van der Waals surface area contributed by atoms with Gasteiger partial charge in [0, 0.05) is 11.9 Å². The molecule has 4 nitrogen and oxygen atoms in total. The molecule has 21 heavy (non-hydrogen) atoms. The highest BCUT2D eigenvalue weighted by Crippen LogP contribution is 2.31. The lowest BCUT2D eigenvalue weighted by molar-refractivity contribution is -0.00557. The normalized spacial score (nSPS) is 25.9. The van der Waals surface area contributed by atoms with Crippen molar-refractivity contribution >= 4 is 16.9 Å². The van der Waals surface area contributed by atoms with Crippen LogP contribution in [0.4, 0.5) is 0 Å². The summed E-state index contributed by atoms with van der Waals surface area (Å²) in [7, 11) is 0. The first-order valence-corrected chi connectivity index (χ1v) is 7.55. The van der Waals surface area contributed by atoms with Crippen molar-refractivity contribution in [3.05, 3.63) is 36.1 Å². The van der Waals surface area contributed by atoms with E-state index in [2.05, 4.69) is 12.2 Å². The van der Waals surface area contributed by atoms with Crippen LogP contribution in [0.2, 0.25) is 0 Å². The van der Waals surface area contributed by atoms with Crippen LogP contribution in [-0.2, 0) is 0 Å². The second kappa shape index (κ2) is 5.53. The van der Waals surface area contributed by atoms with Crippen molar-refractivity contribution in [3.8, 4) is 0 Å². The Balaban J connectivity index is 1.63. The molecule has 0 atom stereocenters. The van der Waals surface area contributed by atoms with E-state index in [9.17, 15) is 9.90 Å². The van der Waals surface area contributed by atoms with Crippen LogP contribution < -0.4 is 5.32 Å². The van der Waals surface area contributed by atoms with Gasteiger partial charge in [-0.3, -0.25) is 4.79 Å². The third-order valence-electron chi connectivity index (χ3n) is 4.43. The number of hydrogen-bond acceptors (Lipinski definition) is 3. The van der Waals surface area contributed by atoms with Crippen molar-refractivity contribution in [1.82, 2.24) is 5.32 Å². The molecule has 1 aliphatic rings. The van der Waals surface area contributed by atoms with Crippen molar-refractivity contribution in [2.45, 2.75) is 38.2 Å². The molecule has 112 valence electrons. The minimum Gasteiger partial charge on any atom is -0.451 e.